The van der Waals surface area contributed by atoms with Crippen LogP contribution in [0.3, 0.4) is 0 Å². The fourth-order valence-electron chi connectivity index (χ4n) is 3.78. The molecule has 2 fully saturated rings. The molecule has 2 N–H and O–H groups in total. The summed E-state index contributed by atoms with van der Waals surface area (Å²) in [5, 5.41) is 0. The minimum absolute atomic E-state index is 0.669. The van der Waals surface area contributed by atoms with E-state index in [4.69, 9.17) is 5.73 Å². The van der Waals surface area contributed by atoms with Crippen molar-refractivity contribution in [2.45, 2.75) is 39.2 Å². The summed E-state index contributed by atoms with van der Waals surface area (Å²) in [7, 11) is 2.31. The highest BCUT2D eigenvalue weighted by Gasteiger charge is 2.34. The van der Waals surface area contributed by atoms with E-state index in [-0.39, 0.29) is 0 Å². The molecule has 2 aliphatic rings. The van der Waals surface area contributed by atoms with Crippen LogP contribution in [0.25, 0.3) is 0 Å². The minimum Gasteiger partial charge on any atom is -0.330 e. The van der Waals surface area contributed by atoms with E-state index in [0.717, 1.165) is 18.5 Å². The molecule has 3 unspecified atom stereocenters. The van der Waals surface area contributed by atoms with E-state index >= 15 is 0 Å². The fraction of sp³-hybridized carbons (Fsp3) is 1.00. The van der Waals surface area contributed by atoms with Gasteiger partial charge in [0, 0.05) is 19.1 Å². The average molecular weight is 253 g/mol. The minimum atomic E-state index is 0.669. The zero-order valence-electron chi connectivity index (χ0n) is 12.4. The summed E-state index contributed by atoms with van der Waals surface area (Å²) in [6.07, 6.45) is 4.17. The van der Waals surface area contributed by atoms with Gasteiger partial charge in [-0.05, 0) is 63.7 Å². The summed E-state index contributed by atoms with van der Waals surface area (Å²) in [5.74, 6) is 2.28. The van der Waals surface area contributed by atoms with Crippen molar-refractivity contribution >= 4 is 0 Å². The number of hydrogen-bond acceptors (Lipinski definition) is 3. The van der Waals surface area contributed by atoms with Gasteiger partial charge in [-0.3, -0.25) is 0 Å². The van der Waals surface area contributed by atoms with Gasteiger partial charge in [0.1, 0.15) is 0 Å². The molecule has 0 bridgehead atoms. The summed E-state index contributed by atoms with van der Waals surface area (Å²) in [6, 6.07) is 0.852. The van der Waals surface area contributed by atoms with Gasteiger partial charge in [-0.25, -0.2) is 0 Å². The number of rotatable bonds is 4. The van der Waals surface area contributed by atoms with Crippen LogP contribution in [0.2, 0.25) is 0 Å². The molecule has 0 radical (unpaired) electrons. The van der Waals surface area contributed by atoms with E-state index in [1.165, 1.54) is 45.4 Å². The molecule has 2 rings (SSSR count). The zero-order chi connectivity index (χ0) is 13.1. The average Bonchev–Trinajstić information content (AvgIpc) is 2.35. The molecular weight excluding hydrogens is 222 g/mol. The number of hydrogen-bond donors (Lipinski definition) is 1. The Labute approximate surface area is 113 Å². The molecular formula is C15H31N3. The lowest BCUT2D eigenvalue weighted by Gasteiger charge is -2.46. The lowest BCUT2D eigenvalue weighted by molar-refractivity contribution is 0.0299. The highest BCUT2D eigenvalue weighted by Crippen LogP contribution is 2.30. The maximum absolute atomic E-state index is 5.91. The third-order valence-corrected chi connectivity index (χ3v) is 5.17. The van der Waals surface area contributed by atoms with Crippen LogP contribution in [0, 0.1) is 17.8 Å². The van der Waals surface area contributed by atoms with Gasteiger partial charge in [-0.15, -0.1) is 0 Å². The molecule has 18 heavy (non-hydrogen) atoms. The second kappa shape index (κ2) is 6.36. The normalized spacial score (nSPS) is 32.5. The van der Waals surface area contributed by atoms with Crippen molar-refractivity contribution < 1.29 is 0 Å². The lowest BCUT2D eigenvalue weighted by atomic mass is 9.83. The van der Waals surface area contributed by atoms with E-state index in [1.54, 1.807) is 0 Å². The summed E-state index contributed by atoms with van der Waals surface area (Å²) in [5.41, 5.74) is 5.91. The van der Waals surface area contributed by atoms with Gasteiger partial charge in [0.2, 0.25) is 0 Å². The quantitative estimate of drug-likeness (QED) is 0.826. The first-order valence-corrected chi connectivity index (χ1v) is 7.74. The van der Waals surface area contributed by atoms with Gasteiger partial charge < -0.3 is 15.5 Å². The molecule has 2 aliphatic heterocycles. The Balaban J connectivity index is 1.86. The highest BCUT2D eigenvalue weighted by molar-refractivity contribution is 4.89. The molecule has 0 amide bonds. The predicted octanol–water partition coefficient (Wildman–Crippen LogP) is 1.63. The molecule has 0 saturated carbocycles. The monoisotopic (exact) mass is 253 g/mol. The Morgan fingerprint density at radius 3 is 2.67 bits per heavy atom. The molecule has 3 heteroatoms. The zero-order valence-corrected chi connectivity index (χ0v) is 12.4. The third-order valence-electron chi connectivity index (χ3n) is 5.17. The number of nitrogens with zero attached hydrogens (tertiary/aromatic N) is 2. The molecule has 106 valence electrons. The van der Waals surface area contributed by atoms with Crippen LogP contribution >= 0.6 is 0 Å². The number of piperidine rings is 2. The fourth-order valence-corrected chi connectivity index (χ4v) is 3.78. The molecule has 0 aliphatic carbocycles. The second-order valence-corrected chi connectivity index (χ2v) is 6.74. The number of fused-ring (bicyclic) bond motifs is 1. The smallest absolute Gasteiger partial charge is 0.0145 e. The van der Waals surface area contributed by atoms with Crippen molar-refractivity contribution in [3.63, 3.8) is 0 Å². The molecule has 3 nitrogen and oxygen atoms in total. The molecule has 0 spiro atoms. The molecule has 3 atom stereocenters. The molecule has 2 saturated heterocycles. The van der Waals surface area contributed by atoms with Gasteiger partial charge in [0.15, 0.2) is 0 Å². The Morgan fingerprint density at radius 2 is 2.00 bits per heavy atom. The van der Waals surface area contributed by atoms with Gasteiger partial charge in [0.05, 0.1) is 0 Å². The van der Waals surface area contributed by atoms with E-state index < -0.39 is 0 Å². The van der Waals surface area contributed by atoms with E-state index in [1.807, 2.05) is 0 Å². The summed E-state index contributed by atoms with van der Waals surface area (Å²) in [6.45, 7) is 10.5. The van der Waals surface area contributed by atoms with Crippen molar-refractivity contribution in [3.05, 3.63) is 0 Å². The maximum atomic E-state index is 5.91. The second-order valence-electron chi connectivity index (χ2n) is 6.74. The van der Waals surface area contributed by atoms with Crippen molar-refractivity contribution in [1.82, 2.24) is 9.80 Å². The molecule has 0 aromatic rings. The first-order chi connectivity index (χ1) is 8.61. The van der Waals surface area contributed by atoms with Gasteiger partial charge >= 0.3 is 0 Å². The van der Waals surface area contributed by atoms with E-state index in [2.05, 4.69) is 30.7 Å². The molecule has 0 aromatic carbocycles. The third kappa shape index (κ3) is 3.25. The van der Waals surface area contributed by atoms with E-state index in [0.29, 0.717) is 11.8 Å². The predicted molar refractivity (Wildman–Crippen MR) is 77.6 cm³/mol. The van der Waals surface area contributed by atoms with E-state index in [9.17, 15) is 0 Å². The Kier molecular flexibility index (Phi) is 5.05. The first-order valence-electron chi connectivity index (χ1n) is 7.74. The SMILES string of the molecule is CC(C)C(CN)CN1CCC2C(CCCN2C)C1. The summed E-state index contributed by atoms with van der Waals surface area (Å²) >= 11 is 0. The largest absolute Gasteiger partial charge is 0.330 e. The summed E-state index contributed by atoms with van der Waals surface area (Å²) in [4.78, 5) is 5.27. The number of likely N-dealkylation sites (tertiary alicyclic amines) is 2. The number of nitrogens with two attached hydrogens (primary N) is 1. The van der Waals surface area contributed by atoms with Crippen molar-refractivity contribution in [3.8, 4) is 0 Å². The Morgan fingerprint density at radius 1 is 1.22 bits per heavy atom. The van der Waals surface area contributed by atoms with Gasteiger partial charge in [-0.2, -0.15) is 0 Å². The van der Waals surface area contributed by atoms with Crippen LogP contribution in [0.15, 0.2) is 0 Å². The lowest BCUT2D eigenvalue weighted by Crippen LogP contribution is -2.53. The highest BCUT2D eigenvalue weighted by atomic mass is 15.2. The van der Waals surface area contributed by atoms with Crippen LogP contribution in [0.5, 0.6) is 0 Å². The standard InChI is InChI=1S/C15H31N3/c1-12(2)14(9-16)11-18-8-6-15-13(10-18)5-4-7-17(15)3/h12-15H,4-11,16H2,1-3H3. The Hall–Kier alpha value is -0.120. The molecule has 2 heterocycles. The van der Waals surface area contributed by atoms with Gasteiger partial charge in [-0.1, -0.05) is 13.8 Å². The van der Waals surface area contributed by atoms with Crippen molar-refractivity contribution in [1.29, 1.82) is 0 Å². The topological polar surface area (TPSA) is 32.5 Å². The van der Waals surface area contributed by atoms with Crippen LogP contribution in [0.4, 0.5) is 0 Å². The van der Waals surface area contributed by atoms with Crippen molar-refractivity contribution in [2.75, 3.05) is 39.8 Å². The van der Waals surface area contributed by atoms with Crippen LogP contribution in [0.1, 0.15) is 33.1 Å². The van der Waals surface area contributed by atoms with Crippen LogP contribution < -0.4 is 5.73 Å². The van der Waals surface area contributed by atoms with Crippen molar-refractivity contribution in [2.24, 2.45) is 23.5 Å². The van der Waals surface area contributed by atoms with Gasteiger partial charge in [0.25, 0.3) is 0 Å². The van der Waals surface area contributed by atoms with Crippen LogP contribution in [-0.2, 0) is 0 Å². The first kappa shape index (κ1) is 14.3. The maximum Gasteiger partial charge on any atom is 0.0145 e. The Bertz CT molecular complexity index is 254. The molecule has 0 aromatic heterocycles. The van der Waals surface area contributed by atoms with Crippen LogP contribution in [-0.4, -0.2) is 55.6 Å². The summed E-state index contributed by atoms with van der Waals surface area (Å²) < 4.78 is 0.